The summed E-state index contributed by atoms with van der Waals surface area (Å²) < 4.78 is 14.2. The molecule has 25 heavy (non-hydrogen) atoms. The maximum absolute atomic E-state index is 14.2. The molecule has 0 bridgehead atoms. The number of carbonyl (C=O) groups excluding carboxylic acids is 2. The molecule has 0 radical (unpaired) electrons. The van der Waals surface area contributed by atoms with Crippen molar-refractivity contribution in [3.05, 3.63) is 35.6 Å². The lowest BCUT2D eigenvalue weighted by atomic mass is 9.72. The number of halogens is 1. The lowest BCUT2D eigenvalue weighted by Crippen LogP contribution is -2.56. The zero-order chi connectivity index (χ0) is 17.9. The number of nitrogens with zero attached hydrogens (tertiary/aromatic N) is 1. The molecule has 2 heterocycles. The standard InChI is InChI=1S/C19H26FN3O2/c1-23-11-8-19(9-12-23,13-14-5-2-3-6-15(14)20)18(25)22-16-7-4-10-21-17(16)24/h2-3,5-6,16H,4,7-13H2,1H3,(H,21,24)(H,22,25)/t16-/m1/s1. The van der Waals surface area contributed by atoms with Gasteiger partial charge in [-0.15, -0.1) is 0 Å². The Morgan fingerprint density at radius 2 is 2.08 bits per heavy atom. The monoisotopic (exact) mass is 347 g/mol. The van der Waals surface area contributed by atoms with Gasteiger partial charge in [0.05, 0.1) is 5.41 Å². The molecule has 0 spiro atoms. The Morgan fingerprint density at radius 1 is 1.36 bits per heavy atom. The minimum absolute atomic E-state index is 0.117. The van der Waals surface area contributed by atoms with Crippen molar-refractivity contribution in [2.75, 3.05) is 26.7 Å². The van der Waals surface area contributed by atoms with Crippen molar-refractivity contribution in [1.29, 1.82) is 0 Å². The van der Waals surface area contributed by atoms with Crippen molar-refractivity contribution in [2.24, 2.45) is 5.41 Å². The van der Waals surface area contributed by atoms with Crippen LogP contribution in [0.25, 0.3) is 0 Å². The van der Waals surface area contributed by atoms with E-state index in [1.54, 1.807) is 18.2 Å². The fraction of sp³-hybridized carbons (Fsp3) is 0.579. The van der Waals surface area contributed by atoms with Crippen molar-refractivity contribution in [2.45, 2.75) is 38.1 Å². The van der Waals surface area contributed by atoms with E-state index in [1.165, 1.54) is 6.07 Å². The van der Waals surface area contributed by atoms with Crippen LogP contribution in [0.1, 0.15) is 31.2 Å². The van der Waals surface area contributed by atoms with Crippen LogP contribution < -0.4 is 10.6 Å². The number of benzene rings is 1. The van der Waals surface area contributed by atoms with E-state index in [1.807, 2.05) is 7.05 Å². The van der Waals surface area contributed by atoms with Gasteiger partial charge in [0.25, 0.3) is 0 Å². The lowest BCUT2D eigenvalue weighted by molar-refractivity contribution is -0.138. The van der Waals surface area contributed by atoms with Crippen molar-refractivity contribution < 1.29 is 14.0 Å². The molecule has 2 N–H and O–H groups in total. The van der Waals surface area contributed by atoms with Gasteiger partial charge < -0.3 is 15.5 Å². The lowest BCUT2D eigenvalue weighted by Gasteiger charge is -2.40. The normalized spacial score (nSPS) is 23.8. The number of likely N-dealkylation sites (tertiary alicyclic amines) is 1. The predicted octanol–water partition coefficient (Wildman–Crippen LogP) is 1.47. The Bertz CT molecular complexity index is 641. The van der Waals surface area contributed by atoms with Crippen molar-refractivity contribution >= 4 is 11.8 Å². The minimum Gasteiger partial charge on any atom is -0.354 e. The van der Waals surface area contributed by atoms with Crippen LogP contribution in [0, 0.1) is 11.2 Å². The van der Waals surface area contributed by atoms with Crippen molar-refractivity contribution in [1.82, 2.24) is 15.5 Å². The Balaban J connectivity index is 1.80. The Labute approximate surface area is 148 Å². The van der Waals surface area contributed by atoms with Crippen LogP contribution in [0.4, 0.5) is 4.39 Å². The van der Waals surface area contributed by atoms with E-state index in [-0.39, 0.29) is 17.6 Å². The molecule has 2 amide bonds. The van der Waals surface area contributed by atoms with E-state index >= 15 is 0 Å². The molecule has 2 fully saturated rings. The van der Waals surface area contributed by atoms with Crippen LogP contribution in [0.3, 0.4) is 0 Å². The van der Waals surface area contributed by atoms with E-state index in [2.05, 4.69) is 15.5 Å². The number of amides is 2. The van der Waals surface area contributed by atoms with E-state index in [0.29, 0.717) is 37.8 Å². The first kappa shape index (κ1) is 17.9. The molecule has 136 valence electrons. The van der Waals surface area contributed by atoms with Gasteiger partial charge in [0.15, 0.2) is 0 Å². The number of hydrogen-bond acceptors (Lipinski definition) is 3. The Kier molecular flexibility index (Phi) is 5.37. The highest BCUT2D eigenvalue weighted by atomic mass is 19.1. The summed E-state index contributed by atoms with van der Waals surface area (Å²) in [5.41, 5.74) is -0.0952. The minimum atomic E-state index is -0.660. The topological polar surface area (TPSA) is 61.4 Å². The molecule has 0 saturated carbocycles. The highest BCUT2D eigenvalue weighted by Crippen LogP contribution is 2.36. The van der Waals surface area contributed by atoms with Crippen LogP contribution in [-0.4, -0.2) is 49.4 Å². The number of nitrogens with one attached hydrogen (secondary N) is 2. The molecule has 6 heteroatoms. The van der Waals surface area contributed by atoms with E-state index in [9.17, 15) is 14.0 Å². The summed E-state index contributed by atoms with van der Waals surface area (Å²) >= 11 is 0. The molecule has 1 aromatic rings. The predicted molar refractivity (Wildman–Crippen MR) is 93.4 cm³/mol. The Morgan fingerprint density at radius 3 is 2.76 bits per heavy atom. The van der Waals surface area contributed by atoms with Gasteiger partial charge in [-0.3, -0.25) is 9.59 Å². The SMILES string of the molecule is CN1CCC(Cc2ccccc2F)(C(=O)N[C@@H]2CCCNC2=O)CC1. The molecule has 0 unspecified atom stereocenters. The smallest absolute Gasteiger partial charge is 0.242 e. The highest BCUT2D eigenvalue weighted by Gasteiger charge is 2.42. The van der Waals surface area contributed by atoms with Gasteiger partial charge in [-0.25, -0.2) is 4.39 Å². The summed E-state index contributed by atoms with van der Waals surface area (Å²) in [6.07, 6.45) is 3.22. The fourth-order valence-electron chi connectivity index (χ4n) is 3.76. The van der Waals surface area contributed by atoms with E-state index < -0.39 is 11.5 Å². The molecule has 1 atom stereocenters. The Hall–Kier alpha value is -1.95. The third kappa shape index (κ3) is 4.00. The molecular formula is C19H26FN3O2. The number of piperidine rings is 2. The van der Waals surface area contributed by atoms with Crippen LogP contribution in [0.5, 0.6) is 0 Å². The largest absolute Gasteiger partial charge is 0.354 e. The summed E-state index contributed by atoms with van der Waals surface area (Å²) in [5, 5.41) is 5.74. The van der Waals surface area contributed by atoms with Gasteiger partial charge in [0, 0.05) is 6.54 Å². The van der Waals surface area contributed by atoms with Gasteiger partial charge in [0.2, 0.25) is 11.8 Å². The van der Waals surface area contributed by atoms with Gasteiger partial charge in [-0.1, -0.05) is 18.2 Å². The molecule has 2 aliphatic heterocycles. The average molecular weight is 347 g/mol. The molecule has 0 aromatic heterocycles. The second-order valence-electron chi connectivity index (χ2n) is 7.31. The number of carbonyl (C=O) groups is 2. The van der Waals surface area contributed by atoms with Gasteiger partial charge in [-0.05, 0) is 63.9 Å². The van der Waals surface area contributed by atoms with Gasteiger partial charge >= 0.3 is 0 Å². The third-order valence-corrected chi connectivity index (χ3v) is 5.50. The second kappa shape index (κ2) is 7.52. The number of hydrogen-bond donors (Lipinski definition) is 2. The summed E-state index contributed by atoms with van der Waals surface area (Å²) in [5.74, 6) is -0.511. The summed E-state index contributed by atoms with van der Waals surface area (Å²) in [4.78, 5) is 27.3. The number of rotatable bonds is 4. The molecular weight excluding hydrogens is 321 g/mol. The average Bonchev–Trinajstić information content (AvgIpc) is 2.61. The van der Waals surface area contributed by atoms with Crippen LogP contribution in [0.2, 0.25) is 0 Å². The van der Waals surface area contributed by atoms with Crippen LogP contribution >= 0.6 is 0 Å². The molecule has 0 aliphatic carbocycles. The summed E-state index contributed by atoms with van der Waals surface area (Å²) in [6.45, 7) is 2.24. The molecule has 2 saturated heterocycles. The summed E-state index contributed by atoms with van der Waals surface area (Å²) in [6, 6.07) is 6.17. The summed E-state index contributed by atoms with van der Waals surface area (Å²) in [7, 11) is 2.03. The molecule has 1 aromatic carbocycles. The van der Waals surface area contributed by atoms with Gasteiger partial charge in [-0.2, -0.15) is 0 Å². The maximum Gasteiger partial charge on any atom is 0.242 e. The van der Waals surface area contributed by atoms with Crippen LogP contribution in [-0.2, 0) is 16.0 Å². The quantitative estimate of drug-likeness (QED) is 0.867. The zero-order valence-electron chi connectivity index (χ0n) is 14.7. The molecule has 2 aliphatic rings. The van der Waals surface area contributed by atoms with Crippen LogP contribution in [0.15, 0.2) is 24.3 Å². The first-order valence-corrected chi connectivity index (χ1v) is 9.01. The van der Waals surface area contributed by atoms with E-state index in [4.69, 9.17) is 0 Å². The maximum atomic E-state index is 14.2. The first-order valence-electron chi connectivity index (χ1n) is 9.01. The fourth-order valence-corrected chi connectivity index (χ4v) is 3.76. The van der Waals surface area contributed by atoms with E-state index in [0.717, 1.165) is 19.5 Å². The third-order valence-electron chi connectivity index (χ3n) is 5.50. The molecule has 5 nitrogen and oxygen atoms in total. The molecule has 3 rings (SSSR count). The van der Waals surface area contributed by atoms with Gasteiger partial charge in [0.1, 0.15) is 11.9 Å². The van der Waals surface area contributed by atoms with Crippen molar-refractivity contribution in [3.8, 4) is 0 Å². The zero-order valence-corrected chi connectivity index (χ0v) is 14.7. The van der Waals surface area contributed by atoms with Crippen molar-refractivity contribution in [3.63, 3.8) is 0 Å². The highest BCUT2D eigenvalue weighted by molar-refractivity contribution is 5.90. The second-order valence-corrected chi connectivity index (χ2v) is 7.31. The first-order chi connectivity index (χ1) is 12.0.